The average Bonchev–Trinajstić information content (AvgIpc) is 3.60. The highest BCUT2D eigenvalue weighted by Gasteiger charge is 2.29. The molecule has 4 N–H and O–H groups in total. The topological polar surface area (TPSA) is 101 Å². The summed E-state index contributed by atoms with van der Waals surface area (Å²) in [6, 6.07) is 13.7. The van der Waals surface area contributed by atoms with Crippen molar-refractivity contribution in [3.63, 3.8) is 0 Å². The summed E-state index contributed by atoms with van der Waals surface area (Å²) in [4.78, 5) is 16.8. The monoisotopic (exact) mass is 438 g/mol. The lowest BCUT2D eigenvalue weighted by molar-refractivity contribution is 0.102. The highest BCUT2D eigenvalue weighted by molar-refractivity contribution is 6.34. The van der Waals surface area contributed by atoms with Crippen molar-refractivity contribution in [2.24, 2.45) is 5.92 Å². The van der Waals surface area contributed by atoms with Crippen molar-refractivity contribution >= 4 is 34.7 Å². The van der Waals surface area contributed by atoms with E-state index in [2.05, 4.69) is 10.3 Å². The fourth-order valence-corrected chi connectivity index (χ4v) is 3.37. The number of aromatic nitrogens is 1. The standard InChI is InChI=1S/C23H20ClFN4O2/c24-17-8-9-18(31-12-13-4-2-1-3-5-13)20(25)19(17)23(30)29-15-10-16(22(27)28-11-15)21(26)14-6-7-14/h1-5,8-11,14,26H,6-7,12H2,(H2,27,28)(H,29,30). The molecule has 8 heteroatoms. The predicted octanol–water partition coefficient (Wildman–Crippen LogP) is 5.07. The summed E-state index contributed by atoms with van der Waals surface area (Å²) < 4.78 is 20.6. The van der Waals surface area contributed by atoms with Crippen LogP contribution in [0.3, 0.4) is 0 Å². The van der Waals surface area contributed by atoms with Gasteiger partial charge in [0.15, 0.2) is 11.6 Å². The van der Waals surface area contributed by atoms with Gasteiger partial charge in [0.05, 0.1) is 22.5 Å². The number of nitrogen functional groups attached to an aromatic ring is 1. The van der Waals surface area contributed by atoms with Crippen LogP contribution in [0.1, 0.15) is 34.3 Å². The molecule has 0 atom stereocenters. The van der Waals surface area contributed by atoms with Gasteiger partial charge in [-0.15, -0.1) is 0 Å². The minimum atomic E-state index is -0.852. The first kappa shape index (κ1) is 20.8. The molecule has 158 valence electrons. The number of ether oxygens (including phenoxy) is 1. The van der Waals surface area contributed by atoms with Gasteiger partial charge in [-0.25, -0.2) is 9.37 Å². The van der Waals surface area contributed by atoms with Crippen LogP contribution in [0.5, 0.6) is 5.75 Å². The first-order valence-electron chi connectivity index (χ1n) is 9.74. The third-order valence-corrected chi connectivity index (χ3v) is 5.29. The van der Waals surface area contributed by atoms with Crippen molar-refractivity contribution in [3.05, 3.63) is 82.3 Å². The van der Waals surface area contributed by atoms with Crippen molar-refractivity contribution in [1.29, 1.82) is 5.41 Å². The molecule has 0 unspecified atom stereocenters. The maximum absolute atomic E-state index is 15.0. The Morgan fingerprint density at radius 3 is 2.71 bits per heavy atom. The number of amides is 1. The highest BCUT2D eigenvalue weighted by Crippen LogP contribution is 2.34. The number of carbonyl (C=O) groups is 1. The van der Waals surface area contributed by atoms with Crippen LogP contribution < -0.4 is 15.8 Å². The van der Waals surface area contributed by atoms with Crippen molar-refractivity contribution < 1.29 is 13.9 Å². The Kier molecular flexibility index (Phi) is 5.86. The fraction of sp³-hybridized carbons (Fsp3) is 0.174. The van der Waals surface area contributed by atoms with Gasteiger partial charge in [-0.2, -0.15) is 0 Å². The summed E-state index contributed by atoms with van der Waals surface area (Å²) in [6.07, 6.45) is 3.23. The summed E-state index contributed by atoms with van der Waals surface area (Å²) in [6.45, 7) is 0.148. The predicted molar refractivity (Wildman–Crippen MR) is 118 cm³/mol. The zero-order valence-corrected chi connectivity index (χ0v) is 17.2. The number of hydrogen-bond acceptors (Lipinski definition) is 5. The van der Waals surface area contributed by atoms with Crippen LogP contribution in [0, 0.1) is 17.1 Å². The molecule has 0 spiro atoms. The van der Waals surface area contributed by atoms with Crippen molar-refractivity contribution in [1.82, 2.24) is 4.98 Å². The van der Waals surface area contributed by atoms with Gasteiger partial charge in [0.1, 0.15) is 12.4 Å². The molecule has 0 saturated heterocycles. The summed E-state index contributed by atoms with van der Waals surface area (Å²) >= 11 is 6.11. The molecular weight excluding hydrogens is 419 g/mol. The minimum Gasteiger partial charge on any atom is -0.486 e. The summed E-state index contributed by atoms with van der Waals surface area (Å²) in [7, 11) is 0. The van der Waals surface area contributed by atoms with E-state index in [-0.39, 0.29) is 34.7 Å². The Morgan fingerprint density at radius 1 is 1.26 bits per heavy atom. The van der Waals surface area contributed by atoms with Gasteiger partial charge in [0.25, 0.3) is 5.91 Å². The van der Waals surface area contributed by atoms with Crippen LogP contribution >= 0.6 is 11.6 Å². The lowest BCUT2D eigenvalue weighted by atomic mass is 10.1. The van der Waals surface area contributed by atoms with E-state index in [1.54, 1.807) is 6.07 Å². The van der Waals surface area contributed by atoms with Crippen LogP contribution in [0.15, 0.2) is 54.7 Å². The lowest BCUT2D eigenvalue weighted by Gasteiger charge is -2.13. The molecule has 1 heterocycles. The van der Waals surface area contributed by atoms with Crippen molar-refractivity contribution in [3.8, 4) is 5.75 Å². The SMILES string of the molecule is N=C(c1cc(NC(=O)c2c(Cl)ccc(OCc3ccccc3)c2F)cnc1N)C1CC1. The number of halogens is 2. The molecule has 1 amide bonds. The van der Waals surface area contributed by atoms with Crippen LogP contribution in [-0.2, 0) is 6.61 Å². The van der Waals surface area contributed by atoms with E-state index in [9.17, 15) is 4.79 Å². The molecule has 4 rings (SSSR count). The number of hydrogen-bond donors (Lipinski definition) is 3. The molecule has 2 aromatic carbocycles. The van der Waals surface area contributed by atoms with Gasteiger partial charge in [-0.05, 0) is 36.6 Å². The van der Waals surface area contributed by atoms with Gasteiger partial charge in [0.2, 0.25) is 0 Å². The van der Waals surface area contributed by atoms with Gasteiger partial charge in [0, 0.05) is 17.2 Å². The number of benzene rings is 2. The van der Waals surface area contributed by atoms with E-state index in [0.29, 0.717) is 17.0 Å². The first-order valence-corrected chi connectivity index (χ1v) is 10.1. The molecule has 0 bridgehead atoms. The Balaban J connectivity index is 1.54. The minimum absolute atomic E-state index is 0.0450. The van der Waals surface area contributed by atoms with Crippen molar-refractivity contribution in [2.45, 2.75) is 19.4 Å². The number of nitrogens with one attached hydrogen (secondary N) is 2. The van der Waals surface area contributed by atoms with E-state index in [4.69, 9.17) is 27.5 Å². The molecule has 1 saturated carbocycles. The molecule has 1 aliphatic carbocycles. The molecule has 1 fully saturated rings. The fourth-order valence-electron chi connectivity index (χ4n) is 3.13. The van der Waals surface area contributed by atoms with E-state index in [0.717, 1.165) is 18.4 Å². The number of pyridine rings is 1. The second-order valence-corrected chi connectivity index (χ2v) is 7.71. The first-order chi connectivity index (χ1) is 14.9. The molecule has 31 heavy (non-hydrogen) atoms. The second kappa shape index (κ2) is 8.73. The Bertz CT molecular complexity index is 1150. The number of rotatable bonds is 7. The maximum atomic E-state index is 15.0. The second-order valence-electron chi connectivity index (χ2n) is 7.31. The van der Waals surface area contributed by atoms with Crippen LogP contribution in [0.2, 0.25) is 5.02 Å². The zero-order chi connectivity index (χ0) is 22.0. The zero-order valence-electron chi connectivity index (χ0n) is 16.5. The van der Waals surface area contributed by atoms with E-state index >= 15 is 4.39 Å². The smallest absolute Gasteiger partial charge is 0.260 e. The van der Waals surface area contributed by atoms with Gasteiger partial charge in [-0.1, -0.05) is 41.9 Å². The molecule has 6 nitrogen and oxygen atoms in total. The normalized spacial score (nSPS) is 13.0. The third kappa shape index (κ3) is 4.67. The van der Waals surface area contributed by atoms with E-state index < -0.39 is 11.7 Å². The Morgan fingerprint density at radius 2 is 2.00 bits per heavy atom. The van der Waals surface area contributed by atoms with E-state index in [1.165, 1.54) is 18.3 Å². The van der Waals surface area contributed by atoms with Crippen LogP contribution in [0.25, 0.3) is 0 Å². The lowest BCUT2D eigenvalue weighted by Crippen LogP contribution is -2.16. The Labute approximate surface area is 183 Å². The van der Waals surface area contributed by atoms with Gasteiger partial charge >= 0.3 is 0 Å². The largest absolute Gasteiger partial charge is 0.486 e. The molecule has 1 aromatic heterocycles. The third-order valence-electron chi connectivity index (χ3n) is 4.97. The average molecular weight is 439 g/mol. The highest BCUT2D eigenvalue weighted by atomic mass is 35.5. The molecule has 3 aromatic rings. The quantitative estimate of drug-likeness (QED) is 0.448. The van der Waals surface area contributed by atoms with Crippen molar-refractivity contribution in [2.75, 3.05) is 11.1 Å². The molecular formula is C23H20ClFN4O2. The number of nitrogens with zero attached hydrogens (tertiary/aromatic N) is 1. The van der Waals surface area contributed by atoms with Gasteiger partial charge < -0.3 is 21.2 Å². The number of anilines is 2. The van der Waals surface area contributed by atoms with Crippen LogP contribution in [-0.4, -0.2) is 16.6 Å². The summed E-state index contributed by atoms with van der Waals surface area (Å²) in [5, 5.41) is 10.8. The summed E-state index contributed by atoms with van der Waals surface area (Å²) in [5.41, 5.74) is 7.57. The molecule has 1 aliphatic rings. The molecule has 0 radical (unpaired) electrons. The number of nitrogens with two attached hydrogens (primary N) is 1. The van der Waals surface area contributed by atoms with Gasteiger partial charge in [-0.3, -0.25) is 4.79 Å². The number of carbonyl (C=O) groups excluding carboxylic acids is 1. The summed E-state index contributed by atoms with van der Waals surface area (Å²) in [5.74, 6) is -1.29. The maximum Gasteiger partial charge on any atom is 0.260 e. The van der Waals surface area contributed by atoms with E-state index in [1.807, 2.05) is 30.3 Å². The molecule has 0 aliphatic heterocycles. The van der Waals surface area contributed by atoms with Crippen LogP contribution in [0.4, 0.5) is 15.9 Å². The Hall–Kier alpha value is -3.45.